The van der Waals surface area contributed by atoms with E-state index in [1.807, 2.05) is 6.07 Å². The lowest BCUT2D eigenvalue weighted by molar-refractivity contribution is 0.0945. The summed E-state index contributed by atoms with van der Waals surface area (Å²) in [7, 11) is 0. The molecule has 0 bridgehead atoms. The quantitative estimate of drug-likeness (QED) is 0.301. The number of rotatable bonds is 10. The molecule has 182 valence electrons. The van der Waals surface area contributed by atoms with Gasteiger partial charge in [-0.3, -0.25) is 9.78 Å². The highest BCUT2D eigenvalue weighted by molar-refractivity contribution is 5.91. The van der Waals surface area contributed by atoms with Crippen LogP contribution in [0.4, 0.5) is 4.39 Å². The van der Waals surface area contributed by atoms with Crippen LogP contribution in [0.5, 0.6) is 0 Å². The molecule has 0 saturated carbocycles. The highest BCUT2D eigenvalue weighted by Crippen LogP contribution is 2.25. The molecule has 4 heterocycles. The molecule has 1 unspecified atom stereocenters. The average molecular weight is 478 g/mol. The summed E-state index contributed by atoms with van der Waals surface area (Å²) < 4.78 is 21.5. The first-order chi connectivity index (χ1) is 17.2. The Balaban J connectivity index is 1.10. The van der Waals surface area contributed by atoms with Gasteiger partial charge in [-0.15, -0.1) is 0 Å². The second-order valence-electron chi connectivity index (χ2n) is 8.52. The fourth-order valence-corrected chi connectivity index (χ4v) is 4.39. The third kappa shape index (κ3) is 5.39. The number of aromatic nitrogens is 4. The number of imidazole rings is 1. The molecule has 0 aliphatic carbocycles. The van der Waals surface area contributed by atoms with Gasteiger partial charge in [-0.1, -0.05) is 12.1 Å². The Hall–Kier alpha value is -3.63. The standard InChI is InChI=1S/C25H28FN7O2/c26-18-4-3-10-29-20(18)15-30-25(34)21-16-35-24(32-21)9-13-27-12-8-23-31-19-5-1-2-6-22(19)33(23)17-7-11-28-14-17/h1-6,10,16-17,27-28H,7-9,11-15H2,(H,30,34). The number of oxazole rings is 1. The van der Waals surface area contributed by atoms with Crippen molar-refractivity contribution in [3.8, 4) is 0 Å². The van der Waals surface area contributed by atoms with E-state index in [0.29, 0.717) is 24.9 Å². The Kier molecular flexibility index (Phi) is 7.10. The van der Waals surface area contributed by atoms with Crippen molar-refractivity contribution in [1.29, 1.82) is 0 Å². The van der Waals surface area contributed by atoms with Gasteiger partial charge in [-0.05, 0) is 37.2 Å². The van der Waals surface area contributed by atoms with Crippen LogP contribution in [0.3, 0.4) is 0 Å². The van der Waals surface area contributed by atoms with Gasteiger partial charge in [0, 0.05) is 44.7 Å². The molecule has 0 radical (unpaired) electrons. The van der Waals surface area contributed by atoms with Crippen LogP contribution in [0.2, 0.25) is 0 Å². The number of nitrogens with one attached hydrogen (secondary N) is 3. The number of nitrogens with zero attached hydrogens (tertiary/aromatic N) is 4. The van der Waals surface area contributed by atoms with Crippen molar-refractivity contribution in [2.45, 2.75) is 31.8 Å². The van der Waals surface area contributed by atoms with E-state index in [1.54, 1.807) is 0 Å². The summed E-state index contributed by atoms with van der Waals surface area (Å²) in [5.41, 5.74) is 2.56. The van der Waals surface area contributed by atoms with Crippen LogP contribution < -0.4 is 16.0 Å². The largest absolute Gasteiger partial charge is 0.448 e. The maximum absolute atomic E-state index is 13.6. The lowest BCUT2D eigenvalue weighted by atomic mass is 10.2. The molecule has 1 aliphatic heterocycles. The summed E-state index contributed by atoms with van der Waals surface area (Å²) in [6, 6.07) is 11.5. The Bertz CT molecular complexity index is 1300. The molecule has 1 fully saturated rings. The van der Waals surface area contributed by atoms with Gasteiger partial charge in [0.15, 0.2) is 11.6 Å². The van der Waals surface area contributed by atoms with Gasteiger partial charge in [0.05, 0.1) is 23.3 Å². The number of carbonyl (C=O) groups is 1. The molecular weight excluding hydrogens is 449 g/mol. The van der Waals surface area contributed by atoms with Gasteiger partial charge < -0.3 is 24.9 Å². The predicted molar refractivity (Wildman–Crippen MR) is 128 cm³/mol. The topological polar surface area (TPSA) is 110 Å². The first kappa shape index (κ1) is 23.1. The number of amides is 1. The third-order valence-corrected chi connectivity index (χ3v) is 6.14. The van der Waals surface area contributed by atoms with Crippen molar-refractivity contribution in [3.05, 3.63) is 77.8 Å². The van der Waals surface area contributed by atoms with Crippen LogP contribution >= 0.6 is 0 Å². The number of benzene rings is 1. The first-order valence-electron chi connectivity index (χ1n) is 11.9. The number of fused-ring (bicyclic) bond motifs is 1. The lowest BCUT2D eigenvalue weighted by Crippen LogP contribution is -2.24. The van der Waals surface area contributed by atoms with E-state index in [1.165, 1.54) is 30.1 Å². The molecule has 9 nitrogen and oxygen atoms in total. The molecule has 3 N–H and O–H groups in total. The van der Waals surface area contributed by atoms with Crippen molar-refractivity contribution < 1.29 is 13.6 Å². The molecule has 1 amide bonds. The molecular formula is C25H28FN7O2. The van der Waals surface area contributed by atoms with Crippen molar-refractivity contribution in [3.63, 3.8) is 0 Å². The number of carbonyl (C=O) groups excluding carboxylic acids is 1. The van der Waals surface area contributed by atoms with Gasteiger partial charge in [0.1, 0.15) is 17.9 Å². The minimum Gasteiger partial charge on any atom is -0.448 e. The fraction of sp³-hybridized carbons (Fsp3) is 0.360. The minimum absolute atomic E-state index is 0.0169. The van der Waals surface area contributed by atoms with E-state index in [2.05, 4.69) is 48.7 Å². The van der Waals surface area contributed by atoms with E-state index in [0.717, 1.165) is 43.8 Å². The molecule has 0 spiro atoms. The monoisotopic (exact) mass is 477 g/mol. The zero-order valence-corrected chi connectivity index (χ0v) is 19.3. The number of hydrogen-bond donors (Lipinski definition) is 3. The maximum Gasteiger partial charge on any atom is 0.273 e. The third-order valence-electron chi connectivity index (χ3n) is 6.14. The first-order valence-corrected chi connectivity index (χ1v) is 11.9. The number of halogens is 1. The SMILES string of the molecule is O=C(NCc1ncccc1F)c1coc(CCNCCc2nc3ccccc3n2C2CCNC2)n1. The number of hydrogen-bond acceptors (Lipinski definition) is 7. The molecule has 10 heteroatoms. The Morgan fingerprint density at radius 2 is 2.06 bits per heavy atom. The second-order valence-corrected chi connectivity index (χ2v) is 8.52. The lowest BCUT2D eigenvalue weighted by Gasteiger charge is -2.16. The van der Waals surface area contributed by atoms with Gasteiger partial charge >= 0.3 is 0 Å². The summed E-state index contributed by atoms with van der Waals surface area (Å²) >= 11 is 0. The molecule has 1 saturated heterocycles. The molecule has 4 aromatic rings. The zero-order chi connectivity index (χ0) is 24.0. The van der Waals surface area contributed by atoms with Crippen LogP contribution in [0, 0.1) is 5.82 Å². The van der Waals surface area contributed by atoms with Crippen molar-refractivity contribution >= 4 is 16.9 Å². The summed E-state index contributed by atoms with van der Waals surface area (Å²) in [4.78, 5) is 25.3. The van der Waals surface area contributed by atoms with E-state index >= 15 is 0 Å². The van der Waals surface area contributed by atoms with Gasteiger partial charge in [-0.25, -0.2) is 14.4 Å². The molecule has 35 heavy (non-hydrogen) atoms. The van der Waals surface area contributed by atoms with Crippen LogP contribution in [0.1, 0.15) is 40.4 Å². The Labute approximate surface area is 202 Å². The van der Waals surface area contributed by atoms with Crippen LogP contribution in [0.15, 0.2) is 53.3 Å². The van der Waals surface area contributed by atoms with Crippen LogP contribution in [-0.4, -0.2) is 51.6 Å². The minimum atomic E-state index is -0.463. The molecule has 1 atom stereocenters. The van der Waals surface area contributed by atoms with E-state index in [-0.39, 0.29) is 17.9 Å². The van der Waals surface area contributed by atoms with Gasteiger partial charge in [0.2, 0.25) is 0 Å². The molecule has 3 aromatic heterocycles. The van der Waals surface area contributed by atoms with Crippen molar-refractivity contribution in [2.75, 3.05) is 26.2 Å². The molecule has 1 aromatic carbocycles. The van der Waals surface area contributed by atoms with E-state index in [4.69, 9.17) is 9.40 Å². The summed E-state index contributed by atoms with van der Waals surface area (Å²) in [6.45, 7) is 3.42. The normalized spacial score (nSPS) is 15.6. The highest BCUT2D eigenvalue weighted by Gasteiger charge is 2.22. The average Bonchev–Trinajstić information content (AvgIpc) is 3.63. The molecule has 1 aliphatic rings. The van der Waals surface area contributed by atoms with E-state index in [9.17, 15) is 9.18 Å². The summed E-state index contributed by atoms with van der Waals surface area (Å²) in [6.07, 6.45) is 5.27. The van der Waals surface area contributed by atoms with Crippen LogP contribution in [0.25, 0.3) is 11.0 Å². The number of para-hydroxylation sites is 2. The highest BCUT2D eigenvalue weighted by atomic mass is 19.1. The Morgan fingerprint density at radius 3 is 2.91 bits per heavy atom. The number of pyridine rings is 1. The molecule has 5 rings (SSSR count). The fourth-order valence-electron chi connectivity index (χ4n) is 4.39. The van der Waals surface area contributed by atoms with Gasteiger partial charge in [-0.2, -0.15) is 0 Å². The summed E-state index contributed by atoms with van der Waals surface area (Å²) in [5.74, 6) is 0.663. The van der Waals surface area contributed by atoms with Gasteiger partial charge in [0.25, 0.3) is 5.91 Å². The second kappa shape index (κ2) is 10.7. The van der Waals surface area contributed by atoms with E-state index < -0.39 is 11.7 Å². The van der Waals surface area contributed by atoms with Crippen molar-refractivity contribution in [1.82, 2.24) is 35.5 Å². The zero-order valence-electron chi connectivity index (χ0n) is 19.3. The smallest absolute Gasteiger partial charge is 0.273 e. The predicted octanol–water partition coefficient (Wildman–Crippen LogP) is 2.40. The maximum atomic E-state index is 13.6. The van der Waals surface area contributed by atoms with Crippen LogP contribution in [-0.2, 0) is 19.4 Å². The summed E-state index contributed by atoms with van der Waals surface area (Å²) in [5, 5.41) is 9.47. The van der Waals surface area contributed by atoms with Crippen molar-refractivity contribution in [2.24, 2.45) is 0 Å². The Morgan fingerprint density at radius 1 is 1.17 bits per heavy atom.